The van der Waals surface area contributed by atoms with Gasteiger partial charge in [0.25, 0.3) is 0 Å². The zero-order valence-electron chi connectivity index (χ0n) is 34.3. The fourth-order valence-corrected chi connectivity index (χ4v) is 4.98. The molecule has 0 spiro atoms. The molecule has 0 heterocycles. The van der Waals surface area contributed by atoms with E-state index in [2.05, 4.69) is 185 Å². The van der Waals surface area contributed by atoms with Crippen LogP contribution in [0.2, 0.25) is 0 Å². The number of hydrogen-bond donors (Lipinski definition) is 0. The molecule has 0 saturated carbocycles. The summed E-state index contributed by atoms with van der Waals surface area (Å²) in [5.74, 6) is 2.93. The Morgan fingerprint density at radius 3 is 1.27 bits per heavy atom. The van der Waals surface area contributed by atoms with Crippen LogP contribution in [0.3, 0.4) is 0 Å². The Morgan fingerprint density at radius 1 is 0.388 bits per heavy atom. The molecule has 0 amide bonds. The lowest BCUT2D eigenvalue weighted by Crippen LogP contribution is -2.24. The second kappa shape index (κ2) is 18.3. The van der Waals surface area contributed by atoms with Crippen molar-refractivity contribution in [1.82, 2.24) is 0 Å². The number of rotatable bonds is 6. The van der Waals surface area contributed by atoms with Crippen LogP contribution in [0.4, 0.5) is 0 Å². The summed E-state index contributed by atoms with van der Waals surface area (Å²) in [6.07, 6.45) is 3.22. The summed E-state index contributed by atoms with van der Waals surface area (Å²) in [6, 6.07) is 25.2. The summed E-state index contributed by atoms with van der Waals surface area (Å²) in [5, 5.41) is 0. The van der Waals surface area contributed by atoms with Crippen molar-refractivity contribution in [2.24, 2.45) is 16.2 Å². The van der Waals surface area contributed by atoms with Crippen LogP contribution in [0.5, 0.6) is 17.2 Å². The number of para-hydroxylation sites is 1. The van der Waals surface area contributed by atoms with Crippen molar-refractivity contribution in [1.29, 1.82) is 0 Å². The highest BCUT2D eigenvalue weighted by molar-refractivity contribution is 5.34. The minimum atomic E-state index is -0.131. The van der Waals surface area contributed by atoms with Crippen LogP contribution < -0.4 is 14.2 Å². The Morgan fingerprint density at radius 2 is 0.816 bits per heavy atom. The van der Waals surface area contributed by atoms with E-state index in [1.54, 1.807) is 0 Å². The standard InChI is InChI=1S/3C15H24O.CH4/c1-14(2,3)11-12-7-9-13(10-8-12)16-15(4,5)6;1-14(2,3)11-12-8-7-9-13(10-12)16-15(4,5)6;1-14(2,3)11-12-9-7-8-10-13(12)16-15(4,5)6;/h3*7-10H,11H2,1-6H3;1H4. The van der Waals surface area contributed by atoms with Crippen LogP contribution in [0, 0.1) is 16.2 Å². The van der Waals surface area contributed by atoms with E-state index in [0.29, 0.717) is 10.8 Å². The van der Waals surface area contributed by atoms with Gasteiger partial charge in [-0.05, 0) is 145 Å². The summed E-state index contributed by atoms with van der Waals surface area (Å²) in [4.78, 5) is 0. The molecular formula is C46H76O3. The van der Waals surface area contributed by atoms with Gasteiger partial charge in [0, 0.05) is 0 Å². The summed E-state index contributed by atoms with van der Waals surface area (Å²) in [6.45, 7) is 39.0. The smallest absolute Gasteiger partial charge is 0.123 e. The van der Waals surface area contributed by atoms with E-state index in [1.165, 1.54) is 16.7 Å². The molecule has 0 unspecified atom stereocenters. The third kappa shape index (κ3) is 24.8. The molecular weight excluding hydrogens is 601 g/mol. The molecule has 0 N–H and O–H groups in total. The Kier molecular flexibility index (Phi) is 17.2. The largest absolute Gasteiger partial charge is 0.488 e. The number of ether oxygens (including phenoxy) is 3. The van der Waals surface area contributed by atoms with Gasteiger partial charge in [-0.2, -0.15) is 0 Å². The zero-order valence-corrected chi connectivity index (χ0v) is 34.3. The Labute approximate surface area is 304 Å². The summed E-state index contributed by atoms with van der Waals surface area (Å²) in [7, 11) is 0. The Bertz CT molecular complexity index is 1240. The molecule has 3 rings (SSSR count). The molecule has 0 atom stereocenters. The molecule has 0 aliphatic carbocycles. The highest BCUT2D eigenvalue weighted by Gasteiger charge is 2.19. The molecule has 278 valence electrons. The molecule has 0 aromatic heterocycles. The van der Waals surface area contributed by atoms with Crippen molar-refractivity contribution in [2.45, 2.75) is 168 Å². The van der Waals surface area contributed by atoms with Crippen LogP contribution in [0.15, 0.2) is 72.8 Å². The maximum Gasteiger partial charge on any atom is 0.123 e. The average molecular weight is 677 g/mol. The summed E-state index contributed by atoms with van der Waals surface area (Å²) < 4.78 is 17.6. The van der Waals surface area contributed by atoms with Crippen molar-refractivity contribution < 1.29 is 14.2 Å². The first-order valence-corrected chi connectivity index (χ1v) is 17.8. The van der Waals surface area contributed by atoms with Crippen molar-refractivity contribution >= 4 is 0 Å². The third-order valence-electron chi connectivity index (χ3n) is 6.25. The lowest BCUT2D eigenvalue weighted by Gasteiger charge is -2.26. The monoisotopic (exact) mass is 677 g/mol. The molecule has 0 bridgehead atoms. The van der Waals surface area contributed by atoms with Crippen molar-refractivity contribution in [2.75, 3.05) is 0 Å². The fraction of sp³-hybridized carbons (Fsp3) is 0.609. The predicted molar refractivity (Wildman–Crippen MR) is 217 cm³/mol. The van der Waals surface area contributed by atoms with E-state index in [9.17, 15) is 0 Å². The Balaban J connectivity index is 0.000000698. The van der Waals surface area contributed by atoms with Crippen LogP contribution >= 0.6 is 0 Å². The van der Waals surface area contributed by atoms with Crippen molar-refractivity contribution in [3.05, 3.63) is 89.5 Å². The molecule has 49 heavy (non-hydrogen) atoms. The molecule has 0 radical (unpaired) electrons. The van der Waals surface area contributed by atoms with Gasteiger partial charge in [0.15, 0.2) is 0 Å². The van der Waals surface area contributed by atoms with Gasteiger partial charge in [0.2, 0.25) is 0 Å². The highest BCUT2D eigenvalue weighted by Crippen LogP contribution is 2.30. The van der Waals surface area contributed by atoms with E-state index in [-0.39, 0.29) is 29.6 Å². The predicted octanol–water partition coefficient (Wildman–Crippen LogP) is 14.0. The summed E-state index contributed by atoms with van der Waals surface area (Å²) in [5.41, 5.74) is 4.58. The topological polar surface area (TPSA) is 27.7 Å². The maximum absolute atomic E-state index is 5.98. The molecule has 0 aliphatic rings. The van der Waals surface area contributed by atoms with Gasteiger partial charge in [-0.15, -0.1) is 0 Å². The zero-order chi connectivity index (χ0) is 37.2. The number of hydrogen-bond acceptors (Lipinski definition) is 3. The van der Waals surface area contributed by atoms with Crippen molar-refractivity contribution in [3.8, 4) is 17.2 Å². The van der Waals surface area contributed by atoms with Gasteiger partial charge in [0.05, 0.1) is 0 Å². The lowest BCUT2D eigenvalue weighted by molar-refractivity contribution is 0.128. The van der Waals surface area contributed by atoms with Crippen LogP contribution in [0.1, 0.15) is 149 Å². The van der Waals surface area contributed by atoms with Gasteiger partial charge in [-0.1, -0.05) is 112 Å². The first-order valence-electron chi connectivity index (χ1n) is 17.8. The molecule has 3 aromatic rings. The first kappa shape index (κ1) is 46.1. The van der Waals surface area contributed by atoms with Crippen LogP contribution in [-0.4, -0.2) is 16.8 Å². The average Bonchev–Trinajstić information content (AvgIpc) is 2.82. The van der Waals surface area contributed by atoms with E-state index in [1.807, 2.05) is 12.1 Å². The van der Waals surface area contributed by atoms with E-state index in [0.717, 1.165) is 36.5 Å². The highest BCUT2D eigenvalue weighted by atomic mass is 16.5. The van der Waals surface area contributed by atoms with Gasteiger partial charge in [0.1, 0.15) is 34.1 Å². The molecule has 0 saturated heterocycles. The quantitative estimate of drug-likeness (QED) is 0.260. The lowest BCUT2D eigenvalue weighted by atomic mass is 9.88. The van der Waals surface area contributed by atoms with Gasteiger partial charge in [-0.3, -0.25) is 0 Å². The second-order valence-electron chi connectivity index (χ2n) is 19.8. The van der Waals surface area contributed by atoms with Crippen molar-refractivity contribution in [3.63, 3.8) is 0 Å². The van der Waals surface area contributed by atoms with Gasteiger partial charge in [-0.25, -0.2) is 0 Å². The minimum absolute atomic E-state index is 0. The molecule has 0 aliphatic heterocycles. The third-order valence-corrected chi connectivity index (χ3v) is 6.25. The second-order valence-corrected chi connectivity index (χ2v) is 19.8. The molecule has 3 nitrogen and oxygen atoms in total. The van der Waals surface area contributed by atoms with E-state index < -0.39 is 0 Å². The SMILES string of the molecule is C.CC(C)(C)Cc1ccc(OC(C)(C)C)cc1.CC(C)(C)Cc1cccc(OC(C)(C)C)c1.CC(C)(C)Cc1ccccc1OC(C)(C)C. The van der Waals surface area contributed by atoms with Gasteiger partial charge >= 0.3 is 0 Å². The summed E-state index contributed by atoms with van der Waals surface area (Å²) >= 11 is 0. The maximum atomic E-state index is 5.98. The van der Waals surface area contributed by atoms with Crippen LogP contribution in [-0.2, 0) is 19.3 Å². The fourth-order valence-electron chi connectivity index (χ4n) is 4.98. The van der Waals surface area contributed by atoms with E-state index >= 15 is 0 Å². The van der Waals surface area contributed by atoms with E-state index in [4.69, 9.17) is 14.2 Å². The number of benzene rings is 3. The van der Waals surface area contributed by atoms with Crippen LogP contribution in [0.25, 0.3) is 0 Å². The molecule has 3 heteroatoms. The first-order chi connectivity index (χ1) is 21.5. The Hall–Kier alpha value is -2.94. The molecule has 3 aromatic carbocycles. The normalized spacial score (nSPS) is 12.4. The minimum Gasteiger partial charge on any atom is -0.488 e. The molecule has 0 fully saturated rings. The van der Waals surface area contributed by atoms with Gasteiger partial charge < -0.3 is 14.2 Å².